The summed E-state index contributed by atoms with van der Waals surface area (Å²) >= 11 is 0. The smallest absolute Gasteiger partial charge is 0.104 e. The summed E-state index contributed by atoms with van der Waals surface area (Å²) in [5.41, 5.74) is 0. The highest BCUT2D eigenvalue weighted by Gasteiger charge is 2.21. The highest BCUT2D eigenvalue weighted by atomic mass is 16.6. The number of rotatable bonds is 4. The Hall–Kier alpha value is -0.160. The number of hydrogen-bond donors (Lipinski definition) is 0. The molecule has 0 aromatic carbocycles. The molecule has 0 amide bonds. The molecule has 0 N–H and O–H groups in total. The van der Waals surface area contributed by atoms with E-state index in [1.165, 1.54) is 0 Å². The number of epoxide rings is 2. The Morgan fingerprint density at radius 3 is 1.29 bits per heavy atom. The van der Waals surface area contributed by atoms with Gasteiger partial charge in [0.1, 0.15) is 12.2 Å². The van der Waals surface area contributed by atoms with Crippen molar-refractivity contribution < 1.29 is 18.9 Å². The second kappa shape index (κ2) is 9.40. The van der Waals surface area contributed by atoms with E-state index in [9.17, 15) is 0 Å². The van der Waals surface area contributed by atoms with Crippen molar-refractivity contribution in [1.29, 1.82) is 0 Å². The molecule has 2 aliphatic heterocycles. The van der Waals surface area contributed by atoms with E-state index < -0.39 is 0 Å². The molecule has 4 nitrogen and oxygen atoms in total. The Bertz CT molecular complexity index is 96.7. The van der Waals surface area contributed by atoms with Gasteiger partial charge in [-0.3, -0.25) is 0 Å². The quantitative estimate of drug-likeness (QED) is 0.654. The van der Waals surface area contributed by atoms with Gasteiger partial charge in [-0.2, -0.15) is 0 Å². The van der Waals surface area contributed by atoms with Crippen LogP contribution in [0.1, 0.15) is 14.9 Å². The first kappa shape index (κ1) is 16.3. The third kappa shape index (κ3) is 9.92. The fourth-order valence-electron chi connectivity index (χ4n) is 0.700. The largest absolute Gasteiger partial charge is 0.382 e. The third-order valence-electron chi connectivity index (χ3n) is 1.51. The van der Waals surface area contributed by atoms with Gasteiger partial charge in [-0.1, -0.05) is 14.9 Å². The second-order valence-electron chi connectivity index (χ2n) is 2.82. The highest BCUT2D eigenvalue weighted by molar-refractivity contribution is 4.66. The topological polar surface area (TPSA) is 43.5 Å². The first-order valence-corrected chi connectivity index (χ1v) is 4.08. The molecule has 2 atom stereocenters. The highest BCUT2D eigenvalue weighted by Crippen LogP contribution is 2.07. The van der Waals surface area contributed by atoms with Crippen molar-refractivity contribution in [2.45, 2.75) is 27.1 Å². The number of methoxy groups -OCH3 is 2. The molecule has 14 heavy (non-hydrogen) atoms. The summed E-state index contributed by atoms with van der Waals surface area (Å²) in [5.74, 6) is 0. The lowest BCUT2D eigenvalue weighted by Gasteiger charge is -1.84. The van der Waals surface area contributed by atoms with Gasteiger partial charge in [0.05, 0.1) is 26.4 Å². The lowest BCUT2D eigenvalue weighted by atomic mass is 10.5. The van der Waals surface area contributed by atoms with E-state index in [4.69, 9.17) is 18.9 Å². The Kier molecular flexibility index (Phi) is 10.9. The minimum absolute atomic E-state index is 0. The monoisotopic (exact) mass is 208 g/mol. The molecule has 0 aromatic heterocycles. The van der Waals surface area contributed by atoms with Gasteiger partial charge in [-0.25, -0.2) is 0 Å². The van der Waals surface area contributed by atoms with Gasteiger partial charge in [0, 0.05) is 14.2 Å². The van der Waals surface area contributed by atoms with E-state index in [1.54, 1.807) is 14.2 Å². The van der Waals surface area contributed by atoms with Crippen molar-refractivity contribution in [3.05, 3.63) is 0 Å². The zero-order valence-electron chi connectivity index (χ0n) is 7.62. The molecular weight excluding hydrogens is 184 g/mol. The second-order valence-corrected chi connectivity index (χ2v) is 2.82. The average Bonchev–Trinajstić information content (AvgIpc) is 2.81. The minimum atomic E-state index is 0. The van der Waals surface area contributed by atoms with Crippen LogP contribution >= 0.6 is 0 Å². The van der Waals surface area contributed by atoms with E-state index in [0.29, 0.717) is 12.2 Å². The van der Waals surface area contributed by atoms with Crippen LogP contribution in [0.5, 0.6) is 0 Å². The molecule has 0 radical (unpaired) electrons. The molecule has 0 bridgehead atoms. The van der Waals surface area contributed by atoms with Crippen LogP contribution in [0.2, 0.25) is 0 Å². The Labute approximate surface area is 87.5 Å². The summed E-state index contributed by atoms with van der Waals surface area (Å²) in [5, 5.41) is 0. The van der Waals surface area contributed by atoms with E-state index in [0.717, 1.165) is 26.4 Å². The minimum Gasteiger partial charge on any atom is -0.382 e. The first-order chi connectivity index (χ1) is 5.86. The van der Waals surface area contributed by atoms with Crippen LogP contribution in [0, 0.1) is 0 Å². The van der Waals surface area contributed by atoms with Crippen molar-refractivity contribution in [2.75, 3.05) is 40.6 Å². The van der Waals surface area contributed by atoms with Crippen LogP contribution in [-0.2, 0) is 18.9 Å². The molecule has 2 fully saturated rings. The molecule has 0 aromatic rings. The average molecular weight is 208 g/mol. The van der Waals surface area contributed by atoms with Crippen molar-refractivity contribution in [2.24, 2.45) is 0 Å². The lowest BCUT2D eigenvalue weighted by Crippen LogP contribution is -1.94. The number of hydrogen-bond acceptors (Lipinski definition) is 4. The molecule has 4 heteroatoms. The van der Waals surface area contributed by atoms with Crippen LogP contribution in [0.4, 0.5) is 0 Å². The van der Waals surface area contributed by atoms with Crippen molar-refractivity contribution in [3.63, 3.8) is 0 Å². The zero-order valence-corrected chi connectivity index (χ0v) is 7.62. The Morgan fingerprint density at radius 1 is 0.929 bits per heavy atom. The van der Waals surface area contributed by atoms with Gasteiger partial charge in [-0.05, 0) is 0 Å². The molecule has 0 aliphatic carbocycles. The fraction of sp³-hybridized carbons (Fsp3) is 1.00. The van der Waals surface area contributed by atoms with E-state index in [-0.39, 0.29) is 14.9 Å². The van der Waals surface area contributed by atoms with Gasteiger partial charge in [0.25, 0.3) is 0 Å². The van der Waals surface area contributed by atoms with E-state index in [2.05, 4.69) is 0 Å². The van der Waals surface area contributed by atoms with Crippen molar-refractivity contribution in [1.82, 2.24) is 0 Å². The fourth-order valence-corrected chi connectivity index (χ4v) is 0.700. The van der Waals surface area contributed by atoms with Gasteiger partial charge in [0.2, 0.25) is 0 Å². The van der Waals surface area contributed by atoms with Gasteiger partial charge in [-0.15, -0.1) is 0 Å². The van der Waals surface area contributed by atoms with Gasteiger partial charge < -0.3 is 18.9 Å². The molecule has 88 valence electrons. The first-order valence-electron chi connectivity index (χ1n) is 4.08. The van der Waals surface area contributed by atoms with E-state index in [1.807, 2.05) is 0 Å². The van der Waals surface area contributed by atoms with Crippen LogP contribution < -0.4 is 0 Å². The summed E-state index contributed by atoms with van der Waals surface area (Å²) in [6.45, 7) is 3.32. The molecule has 0 spiro atoms. The summed E-state index contributed by atoms with van der Waals surface area (Å²) < 4.78 is 19.1. The van der Waals surface area contributed by atoms with Crippen molar-refractivity contribution >= 4 is 0 Å². The van der Waals surface area contributed by atoms with E-state index >= 15 is 0 Å². The lowest BCUT2D eigenvalue weighted by molar-refractivity contribution is 0.171. The standard InChI is InChI=1S/2C4H8O2.2CH4/c2*1-5-2-4-3-6-4;;/h2*4H,2-3H2,1H3;2*1H4/t4-;;;/m1.../s1. The van der Waals surface area contributed by atoms with Gasteiger partial charge in [0.15, 0.2) is 0 Å². The zero-order chi connectivity index (χ0) is 8.81. The summed E-state index contributed by atoms with van der Waals surface area (Å²) in [7, 11) is 3.36. The summed E-state index contributed by atoms with van der Waals surface area (Å²) in [4.78, 5) is 0. The van der Waals surface area contributed by atoms with Crippen molar-refractivity contribution in [3.8, 4) is 0 Å². The molecule has 2 rings (SSSR count). The number of ether oxygens (including phenoxy) is 4. The normalized spacial score (nSPS) is 26.1. The maximum absolute atomic E-state index is 4.82. The maximum atomic E-state index is 4.82. The van der Waals surface area contributed by atoms with Crippen LogP contribution in [0.25, 0.3) is 0 Å². The molecule has 2 aliphatic rings. The summed E-state index contributed by atoms with van der Waals surface area (Å²) in [6.07, 6.45) is 0.852. The van der Waals surface area contributed by atoms with Crippen LogP contribution in [0.15, 0.2) is 0 Å². The SMILES string of the molecule is C.C.COCC1CO1.COC[C@@H]1CO1. The maximum Gasteiger partial charge on any atom is 0.104 e. The molecular formula is C10H24O4. The van der Waals surface area contributed by atoms with Gasteiger partial charge >= 0.3 is 0 Å². The predicted molar refractivity (Wildman–Crippen MR) is 56.7 cm³/mol. The van der Waals surface area contributed by atoms with Crippen LogP contribution in [-0.4, -0.2) is 52.9 Å². The Balaban J connectivity index is 0. The Morgan fingerprint density at radius 2 is 1.21 bits per heavy atom. The molecule has 1 unspecified atom stereocenters. The molecule has 2 heterocycles. The van der Waals surface area contributed by atoms with Crippen LogP contribution in [0.3, 0.4) is 0 Å². The third-order valence-corrected chi connectivity index (χ3v) is 1.51. The molecule has 2 saturated heterocycles. The molecule has 0 saturated carbocycles. The summed E-state index contributed by atoms with van der Waals surface area (Å²) in [6, 6.07) is 0. The predicted octanol–water partition coefficient (Wildman–Crippen LogP) is 1.34.